The maximum absolute atomic E-state index is 12.5. The average molecular weight is 414 g/mol. The number of tetrazole rings is 1. The highest BCUT2D eigenvalue weighted by molar-refractivity contribution is 7.99. The number of aromatic nitrogens is 6. The van der Waals surface area contributed by atoms with Gasteiger partial charge in [-0.15, -0.1) is 5.10 Å². The van der Waals surface area contributed by atoms with E-state index in [2.05, 4.69) is 25.9 Å². The van der Waals surface area contributed by atoms with Crippen LogP contribution in [-0.4, -0.2) is 48.8 Å². The number of benzene rings is 1. The Morgan fingerprint density at radius 3 is 2.93 bits per heavy atom. The summed E-state index contributed by atoms with van der Waals surface area (Å²) in [5.41, 5.74) is 1.80. The van der Waals surface area contributed by atoms with E-state index >= 15 is 0 Å². The fourth-order valence-corrected chi connectivity index (χ4v) is 4.23. The number of hydrogen-bond acceptors (Lipinski definition) is 7. The van der Waals surface area contributed by atoms with Gasteiger partial charge in [0.1, 0.15) is 17.3 Å². The van der Waals surface area contributed by atoms with Crippen molar-refractivity contribution in [1.29, 1.82) is 0 Å². The Bertz CT molecular complexity index is 994. The highest BCUT2D eigenvalue weighted by Gasteiger charge is 2.21. The molecule has 4 rings (SSSR count). The number of anilines is 1. The number of aryl methyl sites for hydroxylation is 1. The van der Waals surface area contributed by atoms with Crippen LogP contribution in [-0.2, 0) is 4.79 Å². The van der Waals surface area contributed by atoms with Gasteiger partial charge in [-0.3, -0.25) is 4.79 Å². The minimum atomic E-state index is -0.125. The summed E-state index contributed by atoms with van der Waals surface area (Å²) in [4.78, 5) is 12.5. The molecule has 1 aliphatic carbocycles. The predicted molar refractivity (Wildman–Crippen MR) is 110 cm³/mol. The Morgan fingerprint density at radius 2 is 2.14 bits per heavy atom. The monoisotopic (exact) mass is 413 g/mol. The summed E-state index contributed by atoms with van der Waals surface area (Å²) in [5.74, 6) is 1.46. The van der Waals surface area contributed by atoms with Crippen LogP contribution in [0, 0.1) is 6.92 Å². The quantitative estimate of drug-likeness (QED) is 0.594. The van der Waals surface area contributed by atoms with Crippen molar-refractivity contribution in [2.45, 2.75) is 43.8 Å². The molecule has 2 aromatic heterocycles. The highest BCUT2D eigenvalue weighted by atomic mass is 32.2. The number of carbonyl (C=O) groups is 1. The standard InChI is InChI=1S/C19H23N7O2S/c1-13-7-8-16(28-2)15(11-13)26-19(22-23-24-26)29-12-18(27)21-17-9-10-20-25(17)14-5-3-4-6-14/h7-11,14H,3-6,12H2,1-2H3,(H,21,27). The summed E-state index contributed by atoms with van der Waals surface area (Å²) < 4.78 is 8.94. The van der Waals surface area contributed by atoms with Crippen molar-refractivity contribution in [2.75, 3.05) is 18.2 Å². The molecule has 29 heavy (non-hydrogen) atoms. The van der Waals surface area contributed by atoms with E-state index in [9.17, 15) is 4.79 Å². The third-order valence-corrected chi connectivity index (χ3v) is 5.86. The molecule has 3 aromatic rings. The van der Waals surface area contributed by atoms with E-state index in [0.29, 0.717) is 16.9 Å². The first-order chi connectivity index (χ1) is 14.2. The van der Waals surface area contributed by atoms with Crippen LogP contribution < -0.4 is 10.1 Å². The molecule has 0 radical (unpaired) electrons. The molecule has 0 bridgehead atoms. The second-order valence-electron chi connectivity index (χ2n) is 6.98. The average Bonchev–Trinajstić information content (AvgIpc) is 3.47. The third-order valence-electron chi connectivity index (χ3n) is 4.94. The molecule has 2 heterocycles. The second-order valence-corrected chi connectivity index (χ2v) is 7.93. The zero-order valence-electron chi connectivity index (χ0n) is 16.4. The van der Waals surface area contributed by atoms with Gasteiger partial charge in [0.25, 0.3) is 0 Å². The maximum atomic E-state index is 12.5. The van der Waals surface area contributed by atoms with E-state index < -0.39 is 0 Å². The fraction of sp³-hybridized carbons (Fsp3) is 0.421. The topological polar surface area (TPSA) is 99.8 Å². The molecule has 1 saturated carbocycles. The van der Waals surface area contributed by atoms with E-state index in [4.69, 9.17) is 4.74 Å². The molecular weight excluding hydrogens is 390 g/mol. The van der Waals surface area contributed by atoms with Crippen LogP contribution in [0.5, 0.6) is 5.75 Å². The lowest BCUT2D eigenvalue weighted by atomic mass is 10.2. The van der Waals surface area contributed by atoms with Gasteiger partial charge in [-0.05, 0) is 47.9 Å². The van der Waals surface area contributed by atoms with Crippen LogP contribution in [0.25, 0.3) is 5.69 Å². The van der Waals surface area contributed by atoms with Gasteiger partial charge in [-0.25, -0.2) is 4.68 Å². The summed E-state index contributed by atoms with van der Waals surface area (Å²) in [7, 11) is 1.60. The van der Waals surface area contributed by atoms with Crippen molar-refractivity contribution in [3.05, 3.63) is 36.0 Å². The zero-order chi connectivity index (χ0) is 20.2. The molecule has 0 atom stereocenters. The number of thioether (sulfide) groups is 1. The molecule has 1 aliphatic rings. The Balaban J connectivity index is 1.43. The van der Waals surface area contributed by atoms with Crippen molar-refractivity contribution in [2.24, 2.45) is 0 Å². The van der Waals surface area contributed by atoms with E-state index in [1.165, 1.54) is 24.6 Å². The van der Waals surface area contributed by atoms with Crippen LogP contribution in [0.3, 0.4) is 0 Å². The first-order valence-electron chi connectivity index (χ1n) is 9.55. The van der Waals surface area contributed by atoms with E-state index in [1.807, 2.05) is 35.9 Å². The van der Waals surface area contributed by atoms with E-state index in [-0.39, 0.29) is 11.7 Å². The smallest absolute Gasteiger partial charge is 0.235 e. The molecule has 1 N–H and O–H groups in total. The summed E-state index contributed by atoms with van der Waals surface area (Å²) in [6.45, 7) is 1.99. The predicted octanol–water partition coefficient (Wildman–Crippen LogP) is 3.02. The minimum absolute atomic E-state index is 0.125. The van der Waals surface area contributed by atoms with Crippen molar-refractivity contribution in [3.63, 3.8) is 0 Å². The Kier molecular flexibility index (Phi) is 5.79. The lowest BCUT2D eigenvalue weighted by Gasteiger charge is -2.14. The first-order valence-corrected chi connectivity index (χ1v) is 10.5. The molecule has 1 fully saturated rings. The largest absolute Gasteiger partial charge is 0.494 e. The maximum Gasteiger partial charge on any atom is 0.235 e. The van der Waals surface area contributed by atoms with Gasteiger partial charge in [0, 0.05) is 6.07 Å². The minimum Gasteiger partial charge on any atom is -0.494 e. The number of rotatable bonds is 7. The lowest BCUT2D eigenvalue weighted by molar-refractivity contribution is -0.113. The van der Waals surface area contributed by atoms with E-state index in [0.717, 1.165) is 29.9 Å². The van der Waals surface area contributed by atoms with Crippen molar-refractivity contribution in [3.8, 4) is 11.4 Å². The van der Waals surface area contributed by atoms with Gasteiger partial charge < -0.3 is 10.1 Å². The normalized spacial score (nSPS) is 14.3. The van der Waals surface area contributed by atoms with Gasteiger partial charge in [-0.1, -0.05) is 30.7 Å². The SMILES string of the molecule is COc1ccc(C)cc1-n1nnnc1SCC(=O)Nc1ccnn1C1CCCC1. The van der Waals surface area contributed by atoms with Gasteiger partial charge in [0.05, 0.1) is 25.1 Å². The number of ether oxygens (including phenoxy) is 1. The molecule has 0 aliphatic heterocycles. The molecular formula is C19H23N7O2S. The van der Waals surface area contributed by atoms with Crippen molar-refractivity contribution in [1.82, 2.24) is 30.0 Å². The van der Waals surface area contributed by atoms with Crippen LogP contribution in [0.4, 0.5) is 5.82 Å². The van der Waals surface area contributed by atoms with Gasteiger partial charge >= 0.3 is 0 Å². The molecule has 0 saturated heterocycles. The van der Waals surface area contributed by atoms with Crippen LogP contribution in [0.1, 0.15) is 37.3 Å². The molecule has 9 nitrogen and oxygen atoms in total. The molecule has 10 heteroatoms. The molecule has 1 aromatic carbocycles. The van der Waals surface area contributed by atoms with Crippen LogP contribution >= 0.6 is 11.8 Å². The Morgan fingerprint density at radius 1 is 1.31 bits per heavy atom. The van der Waals surface area contributed by atoms with Gasteiger partial charge in [0.2, 0.25) is 11.1 Å². The number of amides is 1. The van der Waals surface area contributed by atoms with Crippen LogP contribution in [0.2, 0.25) is 0 Å². The lowest BCUT2D eigenvalue weighted by Crippen LogP contribution is -2.19. The van der Waals surface area contributed by atoms with Crippen LogP contribution in [0.15, 0.2) is 35.6 Å². The van der Waals surface area contributed by atoms with Crippen molar-refractivity contribution >= 4 is 23.5 Å². The molecule has 152 valence electrons. The zero-order valence-corrected chi connectivity index (χ0v) is 17.2. The summed E-state index contributed by atoms with van der Waals surface area (Å²) in [6, 6.07) is 7.98. The highest BCUT2D eigenvalue weighted by Crippen LogP contribution is 2.31. The van der Waals surface area contributed by atoms with E-state index in [1.54, 1.807) is 18.0 Å². The molecule has 1 amide bonds. The number of nitrogens with zero attached hydrogens (tertiary/aromatic N) is 6. The van der Waals surface area contributed by atoms with Crippen molar-refractivity contribution < 1.29 is 9.53 Å². The van der Waals surface area contributed by atoms with Gasteiger partial charge in [-0.2, -0.15) is 9.78 Å². The van der Waals surface area contributed by atoms with Gasteiger partial charge in [0.15, 0.2) is 0 Å². The number of nitrogens with one attached hydrogen (secondary N) is 1. The summed E-state index contributed by atoms with van der Waals surface area (Å²) in [6.07, 6.45) is 6.35. The Labute approximate surface area is 172 Å². The number of hydrogen-bond donors (Lipinski definition) is 1. The fourth-order valence-electron chi connectivity index (χ4n) is 3.55. The second kappa shape index (κ2) is 8.64. The number of carbonyl (C=O) groups excluding carboxylic acids is 1. The first kappa shape index (κ1) is 19.4. The summed E-state index contributed by atoms with van der Waals surface area (Å²) in [5, 5.41) is 19.8. The third kappa shape index (κ3) is 4.26. The summed E-state index contributed by atoms with van der Waals surface area (Å²) >= 11 is 1.27. The molecule has 0 spiro atoms. The number of methoxy groups -OCH3 is 1. The molecule has 0 unspecified atom stereocenters. The Hall–Kier alpha value is -2.88.